The van der Waals surface area contributed by atoms with Crippen LogP contribution in [0, 0.1) is 28.7 Å². The van der Waals surface area contributed by atoms with Crippen molar-refractivity contribution < 1.29 is 4.74 Å². The van der Waals surface area contributed by atoms with Crippen molar-refractivity contribution in [2.75, 3.05) is 23.4 Å². The van der Waals surface area contributed by atoms with Gasteiger partial charge >= 0.3 is 0 Å². The largest absolute Gasteiger partial charge is 0.397 e. The maximum Gasteiger partial charge on any atom is 0.211 e. The molecule has 164 valence electrons. The minimum Gasteiger partial charge on any atom is -0.397 e. The number of rotatable bonds is 5. The Kier molecular flexibility index (Phi) is 6.39. The second-order valence-corrected chi connectivity index (χ2v) is 8.12. The van der Waals surface area contributed by atoms with E-state index in [1.807, 2.05) is 36.5 Å². The molecular formula is C23H26N8O. The van der Waals surface area contributed by atoms with E-state index >= 15 is 0 Å². The molecule has 2 aliphatic rings. The van der Waals surface area contributed by atoms with Crippen LogP contribution < -0.4 is 22.1 Å². The Balaban J connectivity index is 1.68. The molecule has 0 radical (unpaired) electrons. The van der Waals surface area contributed by atoms with E-state index in [2.05, 4.69) is 20.6 Å². The molecule has 0 spiro atoms. The Labute approximate surface area is 187 Å². The number of nitrogens with two attached hydrogens (primary N) is 2. The predicted molar refractivity (Wildman–Crippen MR) is 122 cm³/mol. The van der Waals surface area contributed by atoms with Crippen LogP contribution in [0.15, 0.2) is 29.3 Å². The molecular weight excluding hydrogens is 404 g/mol. The summed E-state index contributed by atoms with van der Waals surface area (Å²) in [7, 11) is 0. The third-order valence-electron chi connectivity index (χ3n) is 6.04. The molecule has 9 heteroatoms. The summed E-state index contributed by atoms with van der Waals surface area (Å²) < 4.78 is 6.10. The summed E-state index contributed by atoms with van der Waals surface area (Å²) in [6.45, 7) is 1.18. The van der Waals surface area contributed by atoms with Crippen molar-refractivity contribution in [3.8, 4) is 12.3 Å². The van der Waals surface area contributed by atoms with E-state index in [4.69, 9.17) is 21.5 Å². The normalized spacial score (nSPS) is 17.9. The van der Waals surface area contributed by atoms with Gasteiger partial charge in [0.15, 0.2) is 6.19 Å². The lowest BCUT2D eigenvalue weighted by Gasteiger charge is -2.27. The smallest absolute Gasteiger partial charge is 0.211 e. The number of hydrogen-bond donors (Lipinski definition) is 4. The summed E-state index contributed by atoms with van der Waals surface area (Å²) in [5, 5.41) is 24.1. The molecule has 4 rings (SSSR count). The molecule has 1 aliphatic carbocycles. The third-order valence-corrected chi connectivity index (χ3v) is 6.04. The van der Waals surface area contributed by atoms with Crippen molar-refractivity contribution in [3.05, 3.63) is 46.5 Å². The summed E-state index contributed by atoms with van der Waals surface area (Å²) >= 11 is 0. The number of aromatic nitrogens is 1. The number of aliphatic imine (C=N–C) groups is 1. The van der Waals surface area contributed by atoms with E-state index in [0.717, 1.165) is 17.7 Å². The zero-order valence-corrected chi connectivity index (χ0v) is 17.8. The number of nitrogen functional groups attached to an aromatic ring is 2. The summed E-state index contributed by atoms with van der Waals surface area (Å²) in [5.74, 6) is 1.24. The topological polar surface area (TPSA) is 158 Å². The van der Waals surface area contributed by atoms with Gasteiger partial charge in [0.2, 0.25) is 5.96 Å². The van der Waals surface area contributed by atoms with Crippen LogP contribution in [0.1, 0.15) is 60.4 Å². The third kappa shape index (κ3) is 4.29. The van der Waals surface area contributed by atoms with Crippen LogP contribution in [-0.4, -0.2) is 17.6 Å². The minimum atomic E-state index is -0.572. The molecule has 9 nitrogen and oxygen atoms in total. The van der Waals surface area contributed by atoms with E-state index in [-0.39, 0.29) is 23.0 Å². The van der Waals surface area contributed by atoms with Gasteiger partial charge in [-0.05, 0) is 29.9 Å². The zero-order valence-electron chi connectivity index (χ0n) is 17.8. The fourth-order valence-electron chi connectivity index (χ4n) is 4.43. The quantitative estimate of drug-likeness (QED) is 0.416. The predicted octanol–water partition coefficient (Wildman–Crippen LogP) is 3.16. The van der Waals surface area contributed by atoms with Gasteiger partial charge < -0.3 is 21.5 Å². The van der Waals surface area contributed by atoms with E-state index in [9.17, 15) is 5.26 Å². The highest BCUT2D eigenvalue weighted by atomic mass is 16.5. The molecule has 0 saturated heterocycles. The lowest BCUT2D eigenvalue weighted by Crippen LogP contribution is -2.33. The van der Waals surface area contributed by atoms with Crippen molar-refractivity contribution in [1.29, 1.82) is 10.5 Å². The number of fused-ring (bicyclic) bond motifs is 1. The van der Waals surface area contributed by atoms with Crippen molar-refractivity contribution >= 4 is 23.3 Å². The number of ether oxygens (including phenoxy) is 1. The van der Waals surface area contributed by atoms with Gasteiger partial charge in [0.25, 0.3) is 0 Å². The molecule has 32 heavy (non-hydrogen) atoms. The first kappa shape index (κ1) is 21.4. The standard InChI is InChI=1S/C23H26N8O/c24-10-17-19(26)18-20(29-23(28-13-25)31-22(18)30-21(17)27)16-9-5-4-8-15(16)12-32-11-14-6-2-1-3-7-14/h4-5,8-9,14,20H,1-3,6-7,11-12H2,(H6,26,27,28,29,30,31). The van der Waals surface area contributed by atoms with Gasteiger partial charge in [0.05, 0.1) is 12.3 Å². The van der Waals surface area contributed by atoms with Gasteiger partial charge in [-0.1, -0.05) is 43.5 Å². The second-order valence-electron chi connectivity index (χ2n) is 8.12. The number of nitrogens with zero attached hydrogens (tertiary/aromatic N) is 4. The van der Waals surface area contributed by atoms with Gasteiger partial charge in [0, 0.05) is 12.2 Å². The molecule has 0 amide bonds. The van der Waals surface area contributed by atoms with Gasteiger partial charge in [-0.25, -0.2) is 9.98 Å². The molecule has 1 saturated carbocycles. The highest BCUT2D eigenvalue weighted by Crippen LogP contribution is 2.41. The molecule has 1 fully saturated rings. The van der Waals surface area contributed by atoms with Gasteiger partial charge in [-0.2, -0.15) is 10.5 Å². The fraction of sp³-hybridized carbons (Fsp3) is 0.391. The number of nitrogens with one attached hydrogen (secondary N) is 2. The highest BCUT2D eigenvalue weighted by molar-refractivity contribution is 5.98. The van der Waals surface area contributed by atoms with Crippen LogP contribution in [0.3, 0.4) is 0 Å². The number of anilines is 3. The second kappa shape index (κ2) is 9.54. The first-order valence-electron chi connectivity index (χ1n) is 10.8. The van der Waals surface area contributed by atoms with Crippen molar-refractivity contribution in [3.63, 3.8) is 0 Å². The first-order chi connectivity index (χ1) is 15.6. The van der Waals surface area contributed by atoms with E-state index in [1.54, 1.807) is 0 Å². The molecule has 6 N–H and O–H groups in total. The van der Waals surface area contributed by atoms with Gasteiger partial charge in [0.1, 0.15) is 29.3 Å². The lowest BCUT2D eigenvalue weighted by atomic mass is 9.90. The monoisotopic (exact) mass is 430 g/mol. The van der Waals surface area contributed by atoms with E-state index < -0.39 is 6.04 Å². The maximum atomic E-state index is 9.51. The lowest BCUT2D eigenvalue weighted by molar-refractivity contribution is 0.0734. The maximum absolute atomic E-state index is 9.51. The Morgan fingerprint density at radius 1 is 1.16 bits per heavy atom. The Hall–Kier alpha value is -3.82. The van der Waals surface area contributed by atoms with Crippen molar-refractivity contribution in [2.24, 2.45) is 10.9 Å². The molecule has 1 unspecified atom stereocenters. The van der Waals surface area contributed by atoms with Gasteiger partial charge in [-0.3, -0.25) is 5.32 Å². The Morgan fingerprint density at radius 3 is 2.69 bits per heavy atom. The minimum absolute atomic E-state index is 0.0253. The molecule has 1 aliphatic heterocycles. The molecule has 2 heterocycles. The number of hydrogen-bond acceptors (Lipinski definition) is 9. The molecule has 1 aromatic heterocycles. The Morgan fingerprint density at radius 2 is 1.94 bits per heavy atom. The van der Waals surface area contributed by atoms with Crippen LogP contribution in [0.4, 0.5) is 17.3 Å². The Bertz CT molecular complexity index is 1110. The number of pyridine rings is 1. The molecule has 2 aromatic rings. The summed E-state index contributed by atoms with van der Waals surface area (Å²) in [5.41, 5.74) is 15.0. The number of nitriles is 2. The van der Waals surface area contributed by atoms with Crippen LogP contribution in [0.2, 0.25) is 0 Å². The van der Waals surface area contributed by atoms with Crippen LogP contribution in [0.5, 0.6) is 0 Å². The van der Waals surface area contributed by atoms with Gasteiger partial charge in [-0.15, -0.1) is 0 Å². The zero-order chi connectivity index (χ0) is 22.5. The fourth-order valence-corrected chi connectivity index (χ4v) is 4.43. The van der Waals surface area contributed by atoms with E-state index in [0.29, 0.717) is 23.9 Å². The number of guanidine groups is 1. The summed E-state index contributed by atoms with van der Waals surface area (Å²) in [6, 6.07) is 9.27. The number of benzene rings is 1. The molecule has 0 bridgehead atoms. The van der Waals surface area contributed by atoms with Crippen LogP contribution in [0.25, 0.3) is 0 Å². The summed E-state index contributed by atoms with van der Waals surface area (Å²) in [6.07, 6.45) is 8.17. The van der Waals surface area contributed by atoms with E-state index in [1.165, 1.54) is 32.1 Å². The van der Waals surface area contributed by atoms with Crippen molar-refractivity contribution in [1.82, 2.24) is 10.3 Å². The van der Waals surface area contributed by atoms with Crippen molar-refractivity contribution in [2.45, 2.75) is 44.8 Å². The van der Waals surface area contributed by atoms with Crippen LogP contribution >= 0.6 is 0 Å². The summed E-state index contributed by atoms with van der Waals surface area (Å²) in [4.78, 5) is 8.96. The molecule has 1 atom stereocenters. The molecule has 1 aromatic carbocycles. The highest BCUT2D eigenvalue weighted by Gasteiger charge is 2.30. The SMILES string of the molecule is N#CNC1=NC(c2ccccc2COCC2CCCCC2)c2c(nc(N)c(C#N)c2N)N1. The average Bonchev–Trinajstić information content (AvgIpc) is 2.80. The first-order valence-corrected chi connectivity index (χ1v) is 10.8. The van der Waals surface area contributed by atoms with Crippen LogP contribution in [-0.2, 0) is 11.3 Å². The average molecular weight is 431 g/mol.